The van der Waals surface area contributed by atoms with E-state index in [4.69, 9.17) is 66.7 Å². The molecule has 1 N–H and O–H groups in total. The number of ether oxygens (including phenoxy) is 13. The first-order chi connectivity index (χ1) is 25.2. The van der Waals surface area contributed by atoms with Gasteiger partial charge in [0.2, 0.25) is 0 Å². The van der Waals surface area contributed by atoms with Crippen LogP contribution in [0.2, 0.25) is 0 Å². The largest absolute Gasteiger partial charge is 0.463 e. The Hall–Kier alpha value is -0.350. The van der Waals surface area contributed by atoms with E-state index in [0.717, 1.165) is 31.4 Å². The maximum absolute atomic E-state index is 11.7. The lowest BCUT2D eigenvalue weighted by molar-refractivity contribution is -0.145. The molecule has 0 rings (SSSR count). The molecule has 0 aromatic carbocycles. The number of hydrogen-bond acceptors (Lipinski definition) is 17. The molecule has 0 fully saturated rings. The van der Waals surface area contributed by atoms with Crippen LogP contribution in [0.3, 0.4) is 0 Å². The fraction of sp³-hybridized carbons (Fsp3) is 0.971. The van der Waals surface area contributed by atoms with Crippen molar-refractivity contribution in [1.29, 1.82) is 0 Å². The van der Waals surface area contributed by atoms with E-state index in [2.05, 4.69) is 25.3 Å². The van der Waals surface area contributed by atoms with Crippen LogP contribution in [0.15, 0.2) is 0 Å². The molecule has 0 aliphatic carbocycles. The molecule has 306 valence electrons. The summed E-state index contributed by atoms with van der Waals surface area (Å²) in [6.07, 6.45) is 4.18. The number of hydrogen-bond donors (Lipinski definition) is 3. The lowest BCUT2D eigenvalue weighted by Gasteiger charge is -2.09. The van der Waals surface area contributed by atoms with Crippen LogP contribution in [0.25, 0.3) is 0 Å². The lowest BCUT2D eigenvalue weighted by atomic mass is 10.1. The third kappa shape index (κ3) is 45.7. The van der Waals surface area contributed by atoms with E-state index >= 15 is 0 Å². The van der Waals surface area contributed by atoms with Crippen molar-refractivity contribution in [2.24, 2.45) is 0 Å². The van der Waals surface area contributed by atoms with Gasteiger partial charge in [0.15, 0.2) is 0 Å². The molecule has 51 heavy (non-hydrogen) atoms. The molecule has 17 heteroatoms. The van der Waals surface area contributed by atoms with Crippen LogP contribution in [-0.2, 0) is 66.4 Å². The van der Waals surface area contributed by atoms with Crippen LogP contribution in [0, 0.1) is 0 Å². The molecule has 0 heterocycles. The molecule has 0 amide bonds. The van der Waals surface area contributed by atoms with E-state index in [1.807, 2.05) is 0 Å². The Morgan fingerprint density at radius 1 is 0.412 bits per heavy atom. The molecule has 0 aliphatic heterocycles. The number of carbonyl (C=O) groups is 1. The highest BCUT2D eigenvalue weighted by Gasteiger charge is 2.05. The first kappa shape index (κ1) is 50.6. The molecule has 0 aliphatic rings. The minimum Gasteiger partial charge on any atom is -0.463 e. The Morgan fingerprint density at radius 3 is 0.961 bits per heavy atom. The minimum absolute atomic E-state index is 0.0211. The van der Waals surface area contributed by atoms with Crippen LogP contribution in [-0.4, -0.2) is 194 Å². The van der Waals surface area contributed by atoms with Gasteiger partial charge >= 0.3 is 5.97 Å². The predicted octanol–water partition coefficient (Wildman–Crippen LogP) is 1.90. The Morgan fingerprint density at radius 2 is 0.686 bits per heavy atom. The zero-order valence-electron chi connectivity index (χ0n) is 30.8. The highest BCUT2D eigenvalue weighted by Crippen LogP contribution is 2.13. The molecule has 1 unspecified atom stereocenters. The summed E-state index contributed by atoms with van der Waals surface area (Å²) in [6.45, 7) is 11.6. The second kappa shape index (κ2) is 45.8. The van der Waals surface area contributed by atoms with Crippen LogP contribution < -0.4 is 0 Å². The lowest BCUT2D eigenvalue weighted by Crippen LogP contribution is -2.16. The van der Waals surface area contributed by atoms with E-state index < -0.39 is 0 Å². The third-order valence-electron chi connectivity index (χ3n) is 6.45. The number of rotatable bonds is 45. The number of aliphatic hydroxyl groups is 1. The molecule has 0 saturated carbocycles. The monoisotopic (exact) mass is 780 g/mol. The molecule has 0 spiro atoms. The van der Waals surface area contributed by atoms with Crippen molar-refractivity contribution in [3.8, 4) is 0 Å². The Bertz CT molecular complexity index is 673. The zero-order chi connectivity index (χ0) is 37.0. The number of aliphatic hydroxyl groups excluding tert-OH is 1. The van der Waals surface area contributed by atoms with E-state index in [0.29, 0.717) is 170 Å². The number of unbranched alkanes of at least 4 members (excludes halogenated alkanes) is 1. The molecule has 0 bridgehead atoms. The third-order valence-corrected chi connectivity index (χ3v) is 7.22. The fourth-order valence-corrected chi connectivity index (χ4v) is 4.64. The standard InChI is InChI=1S/C34H68O15S2/c35-6-7-37-8-9-38-10-11-39-12-13-40-14-15-41-16-17-42-18-19-43-20-21-44-22-23-45-24-25-46-26-27-47-28-29-48-30-31-49-34(36)4-2-1-3-33(51)5-32-50/h33,35,50-51H,1-32H2. The van der Waals surface area contributed by atoms with Crippen LogP contribution >= 0.6 is 25.3 Å². The first-order valence-corrected chi connectivity index (χ1v) is 19.3. The van der Waals surface area contributed by atoms with Crippen LogP contribution in [0.1, 0.15) is 32.1 Å². The molecule has 15 nitrogen and oxygen atoms in total. The highest BCUT2D eigenvalue weighted by atomic mass is 32.1. The average Bonchev–Trinajstić information content (AvgIpc) is 3.13. The summed E-state index contributed by atoms with van der Waals surface area (Å²) in [7, 11) is 0. The summed E-state index contributed by atoms with van der Waals surface area (Å²) in [5.41, 5.74) is 0. The van der Waals surface area contributed by atoms with Crippen molar-refractivity contribution in [2.45, 2.75) is 37.4 Å². The van der Waals surface area contributed by atoms with Gasteiger partial charge in [0.05, 0.1) is 165 Å². The van der Waals surface area contributed by atoms with E-state index in [-0.39, 0.29) is 19.2 Å². The molecule has 0 radical (unpaired) electrons. The van der Waals surface area contributed by atoms with Crippen molar-refractivity contribution in [2.75, 3.05) is 178 Å². The quantitative estimate of drug-likeness (QED) is 0.0468. The zero-order valence-corrected chi connectivity index (χ0v) is 32.6. The summed E-state index contributed by atoms with van der Waals surface area (Å²) >= 11 is 8.69. The first-order valence-electron chi connectivity index (χ1n) is 18.2. The van der Waals surface area contributed by atoms with Crippen molar-refractivity contribution in [3.63, 3.8) is 0 Å². The summed E-state index contributed by atoms with van der Waals surface area (Å²) in [5.74, 6) is 0.646. The van der Waals surface area contributed by atoms with Gasteiger partial charge in [0, 0.05) is 11.7 Å². The summed E-state index contributed by atoms with van der Waals surface area (Å²) in [5, 5.41) is 8.94. The normalized spacial score (nSPS) is 12.1. The van der Waals surface area contributed by atoms with Gasteiger partial charge in [-0.1, -0.05) is 6.42 Å². The second-order valence-electron chi connectivity index (χ2n) is 10.7. The number of esters is 1. The van der Waals surface area contributed by atoms with Gasteiger partial charge in [-0.05, 0) is 25.0 Å². The van der Waals surface area contributed by atoms with Crippen molar-refractivity contribution in [3.05, 3.63) is 0 Å². The van der Waals surface area contributed by atoms with Crippen molar-refractivity contribution in [1.82, 2.24) is 0 Å². The van der Waals surface area contributed by atoms with Crippen molar-refractivity contribution >= 4 is 31.2 Å². The predicted molar refractivity (Wildman–Crippen MR) is 198 cm³/mol. The molecular weight excluding hydrogens is 712 g/mol. The molecular formula is C34H68O15S2. The van der Waals surface area contributed by atoms with E-state index in [9.17, 15) is 4.79 Å². The highest BCUT2D eigenvalue weighted by molar-refractivity contribution is 7.81. The van der Waals surface area contributed by atoms with Gasteiger partial charge in [-0.3, -0.25) is 4.79 Å². The maximum Gasteiger partial charge on any atom is 0.305 e. The molecule has 0 saturated heterocycles. The number of carbonyl (C=O) groups excluding carboxylic acids is 1. The van der Waals surface area contributed by atoms with Gasteiger partial charge in [0.25, 0.3) is 0 Å². The maximum atomic E-state index is 11.7. The van der Waals surface area contributed by atoms with Gasteiger partial charge < -0.3 is 66.7 Å². The van der Waals surface area contributed by atoms with Gasteiger partial charge in [-0.15, -0.1) is 0 Å². The van der Waals surface area contributed by atoms with Gasteiger partial charge in [-0.25, -0.2) is 0 Å². The topological polar surface area (TPSA) is 157 Å². The fourth-order valence-electron chi connectivity index (χ4n) is 3.81. The molecule has 0 aromatic heterocycles. The SMILES string of the molecule is O=C(CCCCC(S)CCS)OCCOCCOCCOCCOCCOCCOCCOCCOCCOCCOCCOCCOCCO. The van der Waals surface area contributed by atoms with Gasteiger partial charge in [0.1, 0.15) is 6.61 Å². The van der Waals surface area contributed by atoms with Crippen LogP contribution in [0.5, 0.6) is 0 Å². The summed E-state index contributed by atoms with van der Waals surface area (Å²) < 4.78 is 70.1. The molecule has 1 atom stereocenters. The Labute approximate surface area is 317 Å². The smallest absolute Gasteiger partial charge is 0.305 e. The second-order valence-corrected chi connectivity index (χ2v) is 11.9. The van der Waals surface area contributed by atoms with Crippen molar-refractivity contribution < 1.29 is 71.5 Å². The Kier molecular flexibility index (Phi) is 45.5. The van der Waals surface area contributed by atoms with E-state index in [1.54, 1.807) is 0 Å². The average molecular weight is 781 g/mol. The van der Waals surface area contributed by atoms with Crippen LogP contribution in [0.4, 0.5) is 0 Å². The Balaban J connectivity index is 3.11. The molecule has 0 aromatic rings. The number of thiol groups is 2. The summed E-state index contributed by atoms with van der Waals surface area (Å²) in [6, 6.07) is 0. The minimum atomic E-state index is -0.188. The summed E-state index contributed by atoms with van der Waals surface area (Å²) in [4.78, 5) is 11.7. The van der Waals surface area contributed by atoms with Gasteiger partial charge in [-0.2, -0.15) is 25.3 Å². The van der Waals surface area contributed by atoms with E-state index in [1.165, 1.54) is 0 Å².